The quantitative estimate of drug-likeness (QED) is 0.589. The van der Waals surface area contributed by atoms with Crippen molar-refractivity contribution in [2.45, 2.75) is 18.1 Å². The van der Waals surface area contributed by atoms with Crippen molar-refractivity contribution in [3.63, 3.8) is 0 Å². The molecule has 9 nitrogen and oxygen atoms in total. The summed E-state index contributed by atoms with van der Waals surface area (Å²) < 4.78 is 42.8. The van der Waals surface area contributed by atoms with Crippen molar-refractivity contribution in [3.05, 3.63) is 31.0 Å². The molecule has 4 rings (SSSR count). The van der Waals surface area contributed by atoms with Crippen LogP contribution in [-0.2, 0) is 9.53 Å². The summed E-state index contributed by atoms with van der Waals surface area (Å²) in [5, 5.41) is 5.58. The summed E-state index contributed by atoms with van der Waals surface area (Å²) in [6.45, 7) is -1.25. The number of rotatable bonds is 5. The molecule has 1 unspecified atom stereocenters. The number of hydrogen-bond acceptors (Lipinski definition) is 7. The third kappa shape index (κ3) is 3.97. The SMILES string of the molecule is O=C(NCC(F)(F)F)C1(Nc2ccnc(-c3c[nH]c4ncncc34)n2)CCOC1. The van der Waals surface area contributed by atoms with E-state index < -0.39 is 24.2 Å². The normalized spacial score (nSPS) is 19.4. The lowest BCUT2D eigenvalue weighted by Crippen LogP contribution is -2.54. The van der Waals surface area contributed by atoms with Gasteiger partial charge in [-0.1, -0.05) is 0 Å². The Morgan fingerprint density at radius 3 is 2.97 bits per heavy atom. The second kappa shape index (κ2) is 7.28. The number of hydrogen-bond donors (Lipinski definition) is 3. The molecule has 1 saturated heterocycles. The number of aromatic amines is 1. The van der Waals surface area contributed by atoms with Crippen LogP contribution < -0.4 is 10.6 Å². The minimum Gasteiger partial charge on any atom is -0.378 e. The van der Waals surface area contributed by atoms with E-state index in [1.54, 1.807) is 12.4 Å². The Morgan fingerprint density at radius 1 is 1.34 bits per heavy atom. The van der Waals surface area contributed by atoms with Crippen molar-refractivity contribution in [3.8, 4) is 11.4 Å². The number of nitrogens with one attached hydrogen (secondary N) is 3. The van der Waals surface area contributed by atoms with E-state index in [0.29, 0.717) is 22.4 Å². The Balaban J connectivity index is 1.59. The third-order valence-electron chi connectivity index (χ3n) is 4.53. The number of amides is 1. The number of aromatic nitrogens is 5. The van der Waals surface area contributed by atoms with Gasteiger partial charge >= 0.3 is 6.18 Å². The van der Waals surface area contributed by atoms with Crippen LogP contribution in [0.5, 0.6) is 0 Å². The van der Waals surface area contributed by atoms with Crippen molar-refractivity contribution in [2.75, 3.05) is 25.1 Å². The molecule has 29 heavy (non-hydrogen) atoms. The minimum absolute atomic E-state index is 0.0725. The lowest BCUT2D eigenvalue weighted by molar-refractivity contribution is -0.141. The number of carbonyl (C=O) groups excluding carboxylic acids is 1. The first-order chi connectivity index (χ1) is 13.9. The molecule has 0 aromatic carbocycles. The van der Waals surface area contributed by atoms with Crippen LogP contribution >= 0.6 is 0 Å². The predicted molar refractivity (Wildman–Crippen MR) is 95.8 cm³/mol. The van der Waals surface area contributed by atoms with Crippen LogP contribution in [0, 0.1) is 0 Å². The third-order valence-corrected chi connectivity index (χ3v) is 4.53. The van der Waals surface area contributed by atoms with Crippen LogP contribution in [0.1, 0.15) is 6.42 Å². The Labute approximate surface area is 162 Å². The van der Waals surface area contributed by atoms with Crippen LogP contribution in [0.15, 0.2) is 31.0 Å². The molecule has 1 aliphatic heterocycles. The van der Waals surface area contributed by atoms with E-state index in [4.69, 9.17) is 4.74 Å². The highest BCUT2D eigenvalue weighted by Crippen LogP contribution is 2.28. The molecular weight excluding hydrogens is 391 g/mol. The summed E-state index contributed by atoms with van der Waals surface area (Å²) in [5.74, 6) is -0.164. The highest BCUT2D eigenvalue weighted by Gasteiger charge is 2.44. The minimum atomic E-state index is -4.50. The van der Waals surface area contributed by atoms with Gasteiger partial charge in [0.1, 0.15) is 29.9 Å². The Bertz CT molecular complexity index is 1030. The van der Waals surface area contributed by atoms with Gasteiger partial charge in [0.2, 0.25) is 5.91 Å². The zero-order valence-electron chi connectivity index (χ0n) is 15.0. The molecule has 1 fully saturated rings. The van der Waals surface area contributed by atoms with E-state index in [0.717, 1.165) is 0 Å². The van der Waals surface area contributed by atoms with Gasteiger partial charge in [-0.2, -0.15) is 13.2 Å². The first-order valence-corrected chi connectivity index (χ1v) is 8.68. The fourth-order valence-electron chi connectivity index (χ4n) is 3.10. The number of anilines is 1. The van der Waals surface area contributed by atoms with Crippen LogP contribution in [0.4, 0.5) is 19.0 Å². The first kappa shape index (κ1) is 19.1. The summed E-state index contributed by atoms with van der Waals surface area (Å²) in [5.41, 5.74) is -0.0770. The van der Waals surface area contributed by atoms with Crippen LogP contribution in [0.2, 0.25) is 0 Å². The van der Waals surface area contributed by atoms with Gasteiger partial charge in [0.05, 0.1) is 6.61 Å². The average molecular weight is 407 g/mol. The number of fused-ring (bicyclic) bond motifs is 1. The molecule has 1 aliphatic rings. The molecule has 0 radical (unpaired) electrons. The molecule has 0 spiro atoms. The second-order valence-corrected chi connectivity index (χ2v) is 6.56. The first-order valence-electron chi connectivity index (χ1n) is 8.68. The smallest absolute Gasteiger partial charge is 0.378 e. The van der Waals surface area contributed by atoms with Gasteiger partial charge in [-0.25, -0.2) is 19.9 Å². The summed E-state index contributed by atoms with van der Waals surface area (Å²) in [4.78, 5) is 32.2. The topological polar surface area (TPSA) is 118 Å². The van der Waals surface area contributed by atoms with E-state index >= 15 is 0 Å². The maximum Gasteiger partial charge on any atom is 0.405 e. The number of H-pyrrole nitrogens is 1. The Hall–Kier alpha value is -3.28. The number of halogens is 3. The molecule has 152 valence electrons. The summed E-state index contributed by atoms with van der Waals surface area (Å²) in [6, 6.07) is 1.53. The van der Waals surface area contributed by atoms with E-state index in [9.17, 15) is 18.0 Å². The molecule has 1 atom stereocenters. The highest BCUT2D eigenvalue weighted by atomic mass is 19.4. The number of ether oxygens (including phenoxy) is 1. The van der Waals surface area contributed by atoms with Gasteiger partial charge in [0.25, 0.3) is 0 Å². The van der Waals surface area contributed by atoms with Gasteiger partial charge in [-0.05, 0) is 6.07 Å². The number of carbonyl (C=O) groups is 1. The Morgan fingerprint density at radius 2 is 2.21 bits per heavy atom. The number of alkyl halides is 3. The molecule has 3 aromatic heterocycles. The molecule has 0 aliphatic carbocycles. The molecule has 0 bridgehead atoms. The summed E-state index contributed by atoms with van der Waals surface area (Å²) in [6.07, 6.45) is 1.90. The molecule has 4 heterocycles. The molecule has 3 aromatic rings. The maximum atomic E-state index is 12.5. The fraction of sp³-hybridized carbons (Fsp3) is 0.353. The van der Waals surface area contributed by atoms with Crippen molar-refractivity contribution in [1.29, 1.82) is 0 Å². The van der Waals surface area contributed by atoms with Crippen molar-refractivity contribution in [2.24, 2.45) is 0 Å². The standard InChI is InChI=1S/C17H16F3N7O2/c18-17(19,20)7-24-15(28)16(2-4-29-8-16)27-12-1-3-22-14(26-12)11-6-23-13-10(11)5-21-9-25-13/h1,3,5-6,9H,2,4,7-8H2,(H,24,28)(H,21,23,25)(H,22,26,27). The predicted octanol–water partition coefficient (Wildman–Crippen LogP) is 1.66. The maximum absolute atomic E-state index is 12.5. The zero-order chi connectivity index (χ0) is 20.5. The van der Waals surface area contributed by atoms with Crippen molar-refractivity contribution < 1.29 is 22.7 Å². The Kier molecular flexibility index (Phi) is 4.78. The second-order valence-electron chi connectivity index (χ2n) is 6.56. The van der Waals surface area contributed by atoms with Crippen LogP contribution in [0.25, 0.3) is 22.4 Å². The van der Waals surface area contributed by atoms with E-state index in [1.165, 1.54) is 18.6 Å². The fourth-order valence-corrected chi connectivity index (χ4v) is 3.10. The molecular formula is C17H16F3N7O2. The van der Waals surface area contributed by atoms with Gasteiger partial charge in [-0.3, -0.25) is 4.79 Å². The van der Waals surface area contributed by atoms with E-state index in [1.807, 2.05) is 5.32 Å². The summed E-state index contributed by atoms with van der Waals surface area (Å²) >= 11 is 0. The molecule has 1 amide bonds. The molecule has 12 heteroatoms. The molecule has 0 saturated carbocycles. The number of nitrogens with zero attached hydrogens (tertiary/aromatic N) is 4. The largest absolute Gasteiger partial charge is 0.405 e. The summed E-state index contributed by atoms with van der Waals surface area (Å²) in [7, 11) is 0. The van der Waals surface area contributed by atoms with Gasteiger partial charge in [-0.15, -0.1) is 0 Å². The van der Waals surface area contributed by atoms with Crippen molar-refractivity contribution >= 4 is 22.8 Å². The van der Waals surface area contributed by atoms with Crippen LogP contribution in [0.3, 0.4) is 0 Å². The van der Waals surface area contributed by atoms with E-state index in [-0.39, 0.29) is 25.5 Å². The average Bonchev–Trinajstić information content (AvgIpc) is 3.33. The highest BCUT2D eigenvalue weighted by molar-refractivity contribution is 5.91. The van der Waals surface area contributed by atoms with Gasteiger partial charge in [0.15, 0.2) is 5.82 Å². The monoisotopic (exact) mass is 407 g/mol. The van der Waals surface area contributed by atoms with Gasteiger partial charge < -0.3 is 20.4 Å². The van der Waals surface area contributed by atoms with Gasteiger partial charge in [0, 0.05) is 42.6 Å². The van der Waals surface area contributed by atoms with E-state index in [2.05, 4.69) is 30.2 Å². The lowest BCUT2D eigenvalue weighted by atomic mass is 9.97. The lowest BCUT2D eigenvalue weighted by Gasteiger charge is -2.28. The molecule has 3 N–H and O–H groups in total. The van der Waals surface area contributed by atoms with Crippen molar-refractivity contribution in [1.82, 2.24) is 30.2 Å². The van der Waals surface area contributed by atoms with Crippen LogP contribution in [-0.4, -0.2) is 62.3 Å². The zero-order valence-corrected chi connectivity index (χ0v) is 15.0.